The average molecular weight is 419 g/mol. The third kappa shape index (κ3) is 5.48. The Morgan fingerprint density at radius 1 is 1.21 bits per heavy atom. The van der Waals surface area contributed by atoms with E-state index in [9.17, 15) is 13.2 Å². The maximum atomic E-state index is 13.0. The van der Waals surface area contributed by atoms with Crippen molar-refractivity contribution in [3.8, 4) is 5.75 Å². The lowest BCUT2D eigenvalue weighted by atomic mass is 10.2. The van der Waals surface area contributed by atoms with Crippen LogP contribution >= 0.6 is 0 Å². The van der Waals surface area contributed by atoms with Crippen LogP contribution < -0.4 is 10.1 Å². The van der Waals surface area contributed by atoms with Crippen molar-refractivity contribution in [1.82, 2.24) is 4.31 Å². The number of piperidine rings is 1. The molecule has 0 radical (unpaired) electrons. The topological polar surface area (TPSA) is 88.9 Å². The third-order valence-electron chi connectivity index (χ3n) is 4.47. The molecule has 1 aromatic heterocycles. The van der Waals surface area contributed by atoms with E-state index in [0.717, 1.165) is 19.3 Å². The van der Waals surface area contributed by atoms with Crippen LogP contribution in [-0.4, -0.2) is 37.8 Å². The molecular formula is C21H26N2O5S. The van der Waals surface area contributed by atoms with Crippen molar-refractivity contribution in [3.05, 3.63) is 48.4 Å². The van der Waals surface area contributed by atoms with Crippen molar-refractivity contribution in [3.63, 3.8) is 0 Å². The molecule has 1 saturated heterocycles. The van der Waals surface area contributed by atoms with Gasteiger partial charge in [0.05, 0.1) is 22.9 Å². The van der Waals surface area contributed by atoms with Crippen LogP contribution in [0, 0.1) is 0 Å². The summed E-state index contributed by atoms with van der Waals surface area (Å²) < 4.78 is 38.4. The molecule has 0 saturated carbocycles. The lowest BCUT2D eigenvalue weighted by molar-refractivity contribution is -0.111. The molecule has 0 unspecified atom stereocenters. The molecule has 156 valence electrons. The van der Waals surface area contributed by atoms with Gasteiger partial charge in [0.1, 0.15) is 11.5 Å². The van der Waals surface area contributed by atoms with E-state index < -0.39 is 15.9 Å². The number of sulfonamides is 1. The van der Waals surface area contributed by atoms with E-state index in [1.165, 1.54) is 34.9 Å². The molecule has 7 nitrogen and oxygen atoms in total. The number of hydrogen-bond donors (Lipinski definition) is 1. The molecule has 8 heteroatoms. The largest absolute Gasteiger partial charge is 0.489 e. The molecule has 3 rings (SSSR count). The quantitative estimate of drug-likeness (QED) is 0.689. The van der Waals surface area contributed by atoms with Crippen LogP contribution in [-0.2, 0) is 14.8 Å². The van der Waals surface area contributed by atoms with Crippen molar-refractivity contribution < 1.29 is 22.4 Å². The molecule has 0 spiro atoms. The standard InChI is InChI=1S/C21H26N2O5S/c1-16(2)28-20-10-9-18(29(25,26)23-12-4-3-5-13-23)15-19(20)22-21(24)11-8-17-7-6-14-27-17/h6-11,14-16H,3-5,12-13H2,1-2H3,(H,22,24)/b11-8+. The molecule has 0 atom stereocenters. The number of nitrogens with one attached hydrogen (secondary N) is 1. The minimum atomic E-state index is -3.62. The molecule has 2 heterocycles. The van der Waals surface area contributed by atoms with Gasteiger partial charge in [-0.3, -0.25) is 4.79 Å². The number of benzene rings is 1. The van der Waals surface area contributed by atoms with Gasteiger partial charge in [-0.2, -0.15) is 4.31 Å². The highest BCUT2D eigenvalue weighted by atomic mass is 32.2. The van der Waals surface area contributed by atoms with Crippen LogP contribution in [0.15, 0.2) is 52.0 Å². The summed E-state index contributed by atoms with van der Waals surface area (Å²) in [6, 6.07) is 8.02. The summed E-state index contributed by atoms with van der Waals surface area (Å²) in [7, 11) is -3.62. The van der Waals surface area contributed by atoms with E-state index in [1.54, 1.807) is 18.2 Å². The van der Waals surface area contributed by atoms with Gasteiger partial charge in [0.2, 0.25) is 15.9 Å². The number of hydrogen-bond acceptors (Lipinski definition) is 5. The molecule has 0 aliphatic carbocycles. The summed E-state index contributed by atoms with van der Waals surface area (Å²) in [4.78, 5) is 12.5. The highest BCUT2D eigenvalue weighted by molar-refractivity contribution is 7.89. The summed E-state index contributed by atoms with van der Waals surface area (Å²) >= 11 is 0. The van der Waals surface area contributed by atoms with Crippen molar-refractivity contribution >= 4 is 27.7 Å². The fourth-order valence-corrected chi connectivity index (χ4v) is 4.64. The minimum Gasteiger partial charge on any atom is -0.489 e. The normalized spacial score (nSPS) is 15.7. The number of rotatable bonds is 7. The predicted octanol–water partition coefficient (Wildman–Crippen LogP) is 3.89. The highest BCUT2D eigenvalue weighted by Gasteiger charge is 2.27. The van der Waals surface area contributed by atoms with Gasteiger partial charge in [0.15, 0.2) is 0 Å². The van der Waals surface area contributed by atoms with Crippen LogP contribution in [0.2, 0.25) is 0 Å². The first-order chi connectivity index (χ1) is 13.9. The maximum absolute atomic E-state index is 13.0. The molecule has 1 N–H and O–H groups in total. The number of ether oxygens (including phenoxy) is 1. The van der Waals surface area contributed by atoms with E-state index in [4.69, 9.17) is 9.15 Å². The first kappa shape index (κ1) is 21.1. The molecule has 1 aliphatic heterocycles. The lowest BCUT2D eigenvalue weighted by Crippen LogP contribution is -2.35. The van der Waals surface area contributed by atoms with Crippen LogP contribution in [0.4, 0.5) is 5.69 Å². The molecule has 1 fully saturated rings. The Hall–Kier alpha value is -2.58. The van der Waals surface area contributed by atoms with Gasteiger partial charge in [-0.15, -0.1) is 0 Å². The molecule has 29 heavy (non-hydrogen) atoms. The zero-order chi connectivity index (χ0) is 20.9. The van der Waals surface area contributed by atoms with Crippen LogP contribution in [0.5, 0.6) is 5.75 Å². The average Bonchev–Trinajstić information content (AvgIpc) is 3.21. The van der Waals surface area contributed by atoms with Gasteiger partial charge < -0.3 is 14.5 Å². The second kappa shape index (κ2) is 9.28. The van der Waals surface area contributed by atoms with Crippen LogP contribution in [0.3, 0.4) is 0 Å². The van der Waals surface area contributed by atoms with E-state index in [1.807, 2.05) is 13.8 Å². The van der Waals surface area contributed by atoms with E-state index >= 15 is 0 Å². The van der Waals surface area contributed by atoms with Crippen molar-refractivity contribution in [2.24, 2.45) is 0 Å². The number of nitrogens with zero attached hydrogens (tertiary/aromatic N) is 1. The monoisotopic (exact) mass is 418 g/mol. The maximum Gasteiger partial charge on any atom is 0.248 e. The second-order valence-electron chi connectivity index (χ2n) is 7.13. The predicted molar refractivity (Wildman–Crippen MR) is 111 cm³/mol. The van der Waals surface area contributed by atoms with Crippen molar-refractivity contribution in [1.29, 1.82) is 0 Å². The zero-order valence-electron chi connectivity index (χ0n) is 16.6. The second-order valence-corrected chi connectivity index (χ2v) is 9.07. The molecule has 1 aliphatic rings. The number of carbonyl (C=O) groups is 1. The van der Waals surface area contributed by atoms with Gasteiger partial charge in [0.25, 0.3) is 0 Å². The number of carbonyl (C=O) groups excluding carboxylic acids is 1. The van der Waals surface area contributed by atoms with Gasteiger partial charge >= 0.3 is 0 Å². The smallest absolute Gasteiger partial charge is 0.248 e. The van der Waals surface area contributed by atoms with E-state index in [-0.39, 0.29) is 11.0 Å². The summed E-state index contributed by atoms with van der Waals surface area (Å²) in [5.41, 5.74) is 0.311. The Kier molecular flexibility index (Phi) is 6.76. The molecular weight excluding hydrogens is 392 g/mol. The minimum absolute atomic E-state index is 0.131. The van der Waals surface area contributed by atoms with E-state index in [0.29, 0.717) is 30.3 Å². The summed E-state index contributed by atoms with van der Waals surface area (Å²) in [6.45, 7) is 4.75. The molecule has 0 bridgehead atoms. The van der Waals surface area contributed by atoms with Gasteiger partial charge in [-0.25, -0.2) is 8.42 Å². The fraction of sp³-hybridized carbons (Fsp3) is 0.381. The summed E-state index contributed by atoms with van der Waals surface area (Å²) in [6.07, 6.45) is 6.99. The molecule has 1 amide bonds. The first-order valence-corrected chi connectivity index (χ1v) is 11.1. The lowest BCUT2D eigenvalue weighted by Gasteiger charge is -2.26. The highest BCUT2D eigenvalue weighted by Crippen LogP contribution is 2.31. The molecule has 2 aromatic rings. The van der Waals surface area contributed by atoms with Gasteiger partial charge in [-0.1, -0.05) is 6.42 Å². The van der Waals surface area contributed by atoms with Gasteiger partial charge in [-0.05, 0) is 63.1 Å². The zero-order valence-corrected chi connectivity index (χ0v) is 17.4. The number of amides is 1. The van der Waals surface area contributed by atoms with Gasteiger partial charge in [0, 0.05) is 19.2 Å². The Labute approximate surface area is 171 Å². The fourth-order valence-electron chi connectivity index (χ4n) is 3.10. The SMILES string of the molecule is CC(C)Oc1ccc(S(=O)(=O)N2CCCCC2)cc1NC(=O)/C=C/c1ccco1. The Morgan fingerprint density at radius 3 is 2.62 bits per heavy atom. The molecule has 1 aromatic carbocycles. The van der Waals surface area contributed by atoms with Crippen molar-refractivity contribution in [2.75, 3.05) is 18.4 Å². The Morgan fingerprint density at radius 2 is 1.97 bits per heavy atom. The van der Waals surface area contributed by atoms with Crippen molar-refractivity contribution in [2.45, 2.75) is 44.1 Å². The number of anilines is 1. The number of furan rings is 1. The Bertz CT molecular complexity index is 959. The van der Waals surface area contributed by atoms with E-state index in [2.05, 4.69) is 5.32 Å². The summed E-state index contributed by atoms with van der Waals surface area (Å²) in [5.74, 6) is 0.542. The third-order valence-corrected chi connectivity index (χ3v) is 6.36. The first-order valence-electron chi connectivity index (χ1n) is 9.70. The summed E-state index contributed by atoms with van der Waals surface area (Å²) in [5, 5.41) is 2.72. The van der Waals surface area contributed by atoms with Crippen LogP contribution in [0.25, 0.3) is 6.08 Å². The van der Waals surface area contributed by atoms with Crippen LogP contribution in [0.1, 0.15) is 38.9 Å². The Balaban J connectivity index is 1.86.